The Kier molecular flexibility index (Phi) is 5.66. The average Bonchev–Trinajstić information content (AvgIpc) is 2.92. The number of hydrogen-bond acceptors (Lipinski definition) is 4. The van der Waals surface area contributed by atoms with Gasteiger partial charge in [-0.3, -0.25) is 11.3 Å². The zero-order valence-corrected chi connectivity index (χ0v) is 12.1. The minimum Gasteiger partial charge on any atom is -0.492 e. The Morgan fingerprint density at radius 3 is 2.89 bits per heavy atom. The highest BCUT2D eigenvalue weighted by molar-refractivity contribution is 7.09. The molecule has 0 aliphatic heterocycles. The fourth-order valence-electron chi connectivity index (χ4n) is 1.74. The van der Waals surface area contributed by atoms with Gasteiger partial charge in [-0.05, 0) is 42.5 Å². The Balaban J connectivity index is 1.79. The van der Waals surface area contributed by atoms with Crippen molar-refractivity contribution in [3.8, 4) is 5.75 Å². The van der Waals surface area contributed by atoms with Gasteiger partial charge < -0.3 is 4.74 Å². The van der Waals surface area contributed by atoms with Crippen LogP contribution in [0.3, 0.4) is 0 Å². The number of benzene rings is 1. The van der Waals surface area contributed by atoms with E-state index in [9.17, 15) is 0 Å². The second-order valence-corrected chi connectivity index (χ2v) is 5.72. The number of nitrogens with one attached hydrogen (secondary N) is 1. The van der Waals surface area contributed by atoms with Crippen LogP contribution in [0.1, 0.15) is 11.3 Å². The predicted octanol–water partition coefficient (Wildman–Crippen LogP) is 3.25. The molecule has 2 aromatic rings. The number of hydrazine groups is 1. The molecule has 0 bridgehead atoms. The van der Waals surface area contributed by atoms with Gasteiger partial charge in [-0.2, -0.15) is 0 Å². The fraction of sp³-hybridized carbons (Fsp3) is 0.286. The number of thiophene rings is 1. The van der Waals surface area contributed by atoms with E-state index in [2.05, 4.69) is 22.9 Å². The van der Waals surface area contributed by atoms with E-state index in [-0.39, 0.29) is 6.04 Å². The van der Waals surface area contributed by atoms with E-state index in [0.717, 1.165) is 18.6 Å². The third kappa shape index (κ3) is 4.84. The van der Waals surface area contributed by atoms with Crippen LogP contribution in [0.4, 0.5) is 0 Å². The SMILES string of the molecule is NNC(CCc1cccs1)COc1cccc(Cl)c1. The fourth-order valence-corrected chi connectivity index (χ4v) is 2.64. The molecule has 0 saturated heterocycles. The standard InChI is InChI=1S/C14H17ClN2OS/c15-11-3-1-4-13(9-11)18-10-12(17-16)6-7-14-5-2-8-19-14/h1-5,8-9,12,17H,6-7,10,16H2. The topological polar surface area (TPSA) is 47.3 Å². The zero-order chi connectivity index (χ0) is 13.5. The number of rotatable bonds is 7. The van der Waals surface area contributed by atoms with Crippen LogP contribution >= 0.6 is 22.9 Å². The summed E-state index contributed by atoms with van der Waals surface area (Å²) in [6.45, 7) is 0.530. The Labute approximate surface area is 122 Å². The first-order valence-corrected chi connectivity index (χ1v) is 7.40. The van der Waals surface area contributed by atoms with Gasteiger partial charge >= 0.3 is 0 Å². The van der Waals surface area contributed by atoms with Crippen LogP contribution in [-0.4, -0.2) is 12.6 Å². The first-order valence-electron chi connectivity index (χ1n) is 6.15. The van der Waals surface area contributed by atoms with E-state index in [1.165, 1.54) is 4.88 Å². The van der Waals surface area contributed by atoms with Gasteiger partial charge in [-0.1, -0.05) is 23.7 Å². The molecule has 2 rings (SSSR count). The summed E-state index contributed by atoms with van der Waals surface area (Å²) in [5, 5.41) is 2.76. The molecule has 1 aromatic carbocycles. The molecule has 0 radical (unpaired) electrons. The van der Waals surface area contributed by atoms with Crippen LogP contribution < -0.4 is 16.0 Å². The van der Waals surface area contributed by atoms with E-state index in [4.69, 9.17) is 22.2 Å². The van der Waals surface area contributed by atoms with Crippen LogP contribution in [0.15, 0.2) is 41.8 Å². The normalized spacial score (nSPS) is 12.3. The van der Waals surface area contributed by atoms with E-state index in [1.807, 2.05) is 18.2 Å². The van der Waals surface area contributed by atoms with E-state index in [1.54, 1.807) is 17.4 Å². The van der Waals surface area contributed by atoms with Crippen molar-refractivity contribution >= 4 is 22.9 Å². The van der Waals surface area contributed by atoms with Crippen molar-refractivity contribution in [1.82, 2.24) is 5.43 Å². The molecule has 19 heavy (non-hydrogen) atoms. The molecule has 0 spiro atoms. The lowest BCUT2D eigenvalue weighted by Crippen LogP contribution is -2.39. The smallest absolute Gasteiger partial charge is 0.120 e. The largest absolute Gasteiger partial charge is 0.492 e. The van der Waals surface area contributed by atoms with Crippen LogP contribution in [0, 0.1) is 0 Å². The van der Waals surface area contributed by atoms with E-state index < -0.39 is 0 Å². The maximum Gasteiger partial charge on any atom is 0.120 e. The number of hydrogen-bond donors (Lipinski definition) is 2. The van der Waals surface area contributed by atoms with E-state index >= 15 is 0 Å². The van der Waals surface area contributed by atoms with Gasteiger partial charge in [0.25, 0.3) is 0 Å². The summed E-state index contributed by atoms with van der Waals surface area (Å²) < 4.78 is 5.69. The molecule has 0 saturated carbocycles. The summed E-state index contributed by atoms with van der Waals surface area (Å²) in [6, 6.07) is 11.7. The number of nitrogens with two attached hydrogens (primary N) is 1. The van der Waals surface area contributed by atoms with Crippen LogP contribution in [0.5, 0.6) is 5.75 Å². The van der Waals surface area contributed by atoms with Gasteiger partial charge in [0.05, 0.1) is 6.04 Å². The molecule has 1 aromatic heterocycles. The van der Waals surface area contributed by atoms with Gasteiger partial charge in [0.2, 0.25) is 0 Å². The van der Waals surface area contributed by atoms with Gasteiger partial charge in [-0.25, -0.2) is 0 Å². The summed E-state index contributed by atoms with van der Waals surface area (Å²) in [6.07, 6.45) is 1.95. The van der Waals surface area contributed by atoms with Crippen molar-refractivity contribution < 1.29 is 4.74 Å². The molecule has 0 aliphatic rings. The monoisotopic (exact) mass is 296 g/mol. The highest BCUT2D eigenvalue weighted by atomic mass is 35.5. The second-order valence-electron chi connectivity index (χ2n) is 4.25. The van der Waals surface area contributed by atoms with Crippen molar-refractivity contribution in [2.24, 2.45) is 5.84 Å². The average molecular weight is 297 g/mol. The Morgan fingerprint density at radius 2 is 2.21 bits per heavy atom. The number of halogens is 1. The van der Waals surface area contributed by atoms with Crippen LogP contribution in [0.25, 0.3) is 0 Å². The summed E-state index contributed by atoms with van der Waals surface area (Å²) in [4.78, 5) is 1.36. The zero-order valence-electron chi connectivity index (χ0n) is 10.5. The van der Waals surface area contributed by atoms with Gasteiger partial charge in [0.15, 0.2) is 0 Å². The first-order chi connectivity index (χ1) is 9.28. The summed E-state index contributed by atoms with van der Waals surface area (Å²) >= 11 is 7.67. The molecule has 1 unspecified atom stereocenters. The highest BCUT2D eigenvalue weighted by Gasteiger charge is 2.08. The first kappa shape index (κ1) is 14.3. The molecule has 0 fully saturated rings. The van der Waals surface area contributed by atoms with Gasteiger partial charge in [0.1, 0.15) is 12.4 Å². The Morgan fingerprint density at radius 1 is 1.32 bits per heavy atom. The molecule has 1 heterocycles. The molecule has 3 nitrogen and oxygen atoms in total. The molecule has 1 atom stereocenters. The number of ether oxygens (including phenoxy) is 1. The maximum atomic E-state index is 5.90. The third-order valence-corrected chi connectivity index (χ3v) is 3.97. The van der Waals surface area contributed by atoms with Crippen molar-refractivity contribution in [2.75, 3.05) is 6.61 Å². The van der Waals surface area contributed by atoms with Crippen molar-refractivity contribution in [2.45, 2.75) is 18.9 Å². The van der Waals surface area contributed by atoms with Gasteiger partial charge in [0, 0.05) is 9.90 Å². The molecule has 0 amide bonds. The lowest BCUT2D eigenvalue weighted by Gasteiger charge is -2.16. The minimum absolute atomic E-state index is 0.126. The quantitative estimate of drug-likeness (QED) is 0.609. The molecule has 0 aliphatic carbocycles. The third-order valence-electron chi connectivity index (χ3n) is 2.80. The molecular weight excluding hydrogens is 280 g/mol. The van der Waals surface area contributed by atoms with Crippen molar-refractivity contribution in [3.63, 3.8) is 0 Å². The molecular formula is C14H17ClN2OS. The van der Waals surface area contributed by atoms with Crippen molar-refractivity contribution in [3.05, 3.63) is 51.7 Å². The lowest BCUT2D eigenvalue weighted by molar-refractivity contribution is 0.258. The summed E-state index contributed by atoms with van der Waals surface area (Å²) in [7, 11) is 0. The number of aryl methyl sites for hydroxylation is 1. The molecule has 5 heteroatoms. The Hall–Kier alpha value is -1.07. The molecule has 102 valence electrons. The summed E-state index contributed by atoms with van der Waals surface area (Å²) in [5.74, 6) is 6.32. The van der Waals surface area contributed by atoms with Gasteiger partial charge in [-0.15, -0.1) is 11.3 Å². The van der Waals surface area contributed by atoms with Crippen LogP contribution in [0.2, 0.25) is 5.02 Å². The van der Waals surface area contributed by atoms with Crippen LogP contribution in [-0.2, 0) is 6.42 Å². The second kappa shape index (κ2) is 7.50. The highest BCUT2D eigenvalue weighted by Crippen LogP contribution is 2.18. The predicted molar refractivity (Wildman–Crippen MR) is 80.7 cm³/mol. The maximum absolute atomic E-state index is 5.90. The van der Waals surface area contributed by atoms with E-state index in [0.29, 0.717) is 11.6 Å². The summed E-state index contributed by atoms with van der Waals surface area (Å²) in [5.41, 5.74) is 2.80. The Bertz CT molecular complexity index is 490. The molecule has 3 N–H and O–H groups in total. The van der Waals surface area contributed by atoms with Crippen molar-refractivity contribution in [1.29, 1.82) is 0 Å². The lowest BCUT2D eigenvalue weighted by atomic mass is 10.1. The minimum atomic E-state index is 0.126.